The summed E-state index contributed by atoms with van der Waals surface area (Å²) in [5, 5.41) is 13.9. The fourth-order valence-corrected chi connectivity index (χ4v) is 1.95. The van der Waals surface area contributed by atoms with Crippen molar-refractivity contribution >= 4 is 11.4 Å². The third kappa shape index (κ3) is 5.24. The van der Waals surface area contributed by atoms with Crippen LogP contribution in [0.2, 0.25) is 0 Å². The smallest absolute Gasteiger partial charge is 0.295 e. The van der Waals surface area contributed by atoms with Gasteiger partial charge in [0.15, 0.2) is 0 Å². The maximum absolute atomic E-state index is 13.0. The predicted molar refractivity (Wildman–Crippen MR) is 74.8 cm³/mol. The van der Waals surface area contributed by atoms with E-state index in [-0.39, 0.29) is 11.7 Å². The zero-order chi connectivity index (χ0) is 14.4. The topological polar surface area (TPSA) is 55.2 Å². The molecule has 1 rings (SSSR count). The summed E-state index contributed by atoms with van der Waals surface area (Å²) < 4.78 is 13.0. The Hall–Kier alpha value is -1.65. The third-order valence-electron chi connectivity index (χ3n) is 2.98. The second kappa shape index (κ2) is 7.07. The Kier molecular flexibility index (Phi) is 5.73. The number of hydrogen-bond donors (Lipinski definition) is 1. The van der Waals surface area contributed by atoms with Gasteiger partial charge in [0.1, 0.15) is 11.5 Å². The van der Waals surface area contributed by atoms with Crippen LogP contribution in [0.25, 0.3) is 0 Å². The molecule has 19 heavy (non-hydrogen) atoms. The molecule has 5 heteroatoms. The van der Waals surface area contributed by atoms with Gasteiger partial charge in [-0.05, 0) is 31.4 Å². The van der Waals surface area contributed by atoms with E-state index < -0.39 is 10.7 Å². The van der Waals surface area contributed by atoms with Gasteiger partial charge in [0.25, 0.3) is 5.69 Å². The van der Waals surface area contributed by atoms with Crippen molar-refractivity contribution in [2.24, 2.45) is 5.92 Å². The van der Waals surface area contributed by atoms with Crippen LogP contribution in [0.15, 0.2) is 18.2 Å². The highest BCUT2D eigenvalue weighted by atomic mass is 19.1. The van der Waals surface area contributed by atoms with E-state index >= 15 is 0 Å². The number of halogens is 1. The molecule has 0 spiro atoms. The molecule has 1 aromatic carbocycles. The van der Waals surface area contributed by atoms with Crippen LogP contribution in [0.4, 0.5) is 15.8 Å². The highest BCUT2D eigenvalue weighted by Crippen LogP contribution is 2.26. The van der Waals surface area contributed by atoms with E-state index in [0.29, 0.717) is 11.6 Å². The molecule has 0 bridgehead atoms. The van der Waals surface area contributed by atoms with E-state index in [2.05, 4.69) is 19.2 Å². The fraction of sp³-hybridized carbons (Fsp3) is 0.571. The predicted octanol–water partition coefficient (Wildman–Crippen LogP) is 4.36. The van der Waals surface area contributed by atoms with Gasteiger partial charge < -0.3 is 5.32 Å². The minimum absolute atomic E-state index is 0.128. The number of nitrogens with one attached hydrogen (secondary N) is 1. The van der Waals surface area contributed by atoms with Gasteiger partial charge >= 0.3 is 0 Å². The lowest BCUT2D eigenvalue weighted by atomic mass is 10.0. The quantitative estimate of drug-likeness (QED) is 0.590. The molecule has 0 amide bonds. The number of nitrogens with zero attached hydrogens (tertiary/aromatic N) is 1. The summed E-state index contributed by atoms with van der Waals surface area (Å²) in [5.74, 6) is 0.0667. The number of nitro benzene ring substituents is 1. The molecule has 0 radical (unpaired) electrons. The SMILES string of the molecule is CC(C)CCCC(C)Nc1ccc(F)cc1[N+](=O)[O-]. The molecule has 0 fully saturated rings. The molecule has 0 saturated heterocycles. The highest BCUT2D eigenvalue weighted by molar-refractivity contribution is 5.61. The van der Waals surface area contributed by atoms with E-state index in [1.54, 1.807) is 0 Å². The molecule has 1 N–H and O–H groups in total. The molecule has 1 atom stereocenters. The maximum atomic E-state index is 13.0. The van der Waals surface area contributed by atoms with Crippen LogP contribution in [0.1, 0.15) is 40.0 Å². The van der Waals surface area contributed by atoms with Crippen LogP contribution >= 0.6 is 0 Å². The van der Waals surface area contributed by atoms with Crippen LogP contribution in [0, 0.1) is 21.8 Å². The van der Waals surface area contributed by atoms with Crippen molar-refractivity contribution in [2.75, 3.05) is 5.32 Å². The first-order chi connectivity index (χ1) is 8.90. The Morgan fingerprint density at radius 2 is 2.00 bits per heavy atom. The number of benzene rings is 1. The first-order valence-corrected chi connectivity index (χ1v) is 6.60. The van der Waals surface area contributed by atoms with Crippen molar-refractivity contribution in [1.82, 2.24) is 0 Å². The molecular formula is C14H21FN2O2. The van der Waals surface area contributed by atoms with Gasteiger partial charge in [-0.15, -0.1) is 0 Å². The first kappa shape index (κ1) is 15.4. The molecule has 4 nitrogen and oxygen atoms in total. The molecule has 0 aliphatic heterocycles. The van der Waals surface area contributed by atoms with E-state index in [0.717, 1.165) is 25.3 Å². The zero-order valence-electron chi connectivity index (χ0n) is 11.6. The van der Waals surface area contributed by atoms with E-state index in [1.807, 2.05) is 6.92 Å². The molecule has 0 aliphatic rings. The second-order valence-electron chi connectivity index (χ2n) is 5.29. The monoisotopic (exact) mass is 268 g/mol. The maximum Gasteiger partial charge on any atom is 0.295 e. The minimum Gasteiger partial charge on any atom is -0.377 e. The number of nitro groups is 1. The van der Waals surface area contributed by atoms with Crippen LogP contribution in [-0.4, -0.2) is 11.0 Å². The molecule has 0 aliphatic carbocycles. The normalized spacial score (nSPS) is 12.5. The van der Waals surface area contributed by atoms with Gasteiger partial charge in [-0.1, -0.05) is 26.7 Å². The van der Waals surface area contributed by atoms with Gasteiger partial charge in [0.05, 0.1) is 11.0 Å². The summed E-state index contributed by atoms with van der Waals surface area (Å²) >= 11 is 0. The van der Waals surface area contributed by atoms with Crippen molar-refractivity contribution < 1.29 is 9.31 Å². The molecule has 0 saturated carbocycles. The van der Waals surface area contributed by atoms with Crippen molar-refractivity contribution in [1.29, 1.82) is 0 Å². The van der Waals surface area contributed by atoms with Crippen LogP contribution < -0.4 is 5.32 Å². The van der Waals surface area contributed by atoms with Gasteiger partial charge in [-0.3, -0.25) is 10.1 Å². The number of anilines is 1. The van der Waals surface area contributed by atoms with E-state index in [1.165, 1.54) is 12.1 Å². The lowest BCUT2D eigenvalue weighted by Crippen LogP contribution is -2.16. The molecule has 0 heterocycles. The van der Waals surface area contributed by atoms with Crippen molar-refractivity contribution in [3.8, 4) is 0 Å². The van der Waals surface area contributed by atoms with Crippen LogP contribution in [-0.2, 0) is 0 Å². The van der Waals surface area contributed by atoms with Gasteiger partial charge in [-0.25, -0.2) is 4.39 Å². The van der Waals surface area contributed by atoms with Gasteiger partial charge in [0.2, 0.25) is 0 Å². The Bertz CT molecular complexity index is 435. The minimum atomic E-state index is -0.593. The lowest BCUT2D eigenvalue weighted by Gasteiger charge is -2.15. The Labute approximate surface area is 113 Å². The molecule has 1 aromatic rings. The van der Waals surface area contributed by atoms with Crippen LogP contribution in [0.5, 0.6) is 0 Å². The Morgan fingerprint density at radius 3 is 2.58 bits per heavy atom. The summed E-state index contributed by atoms with van der Waals surface area (Å²) in [6.45, 7) is 6.32. The number of rotatable bonds is 7. The van der Waals surface area contributed by atoms with Crippen molar-refractivity contribution in [2.45, 2.75) is 46.1 Å². The Balaban J connectivity index is 2.63. The van der Waals surface area contributed by atoms with Gasteiger partial charge in [0, 0.05) is 6.04 Å². The fourth-order valence-electron chi connectivity index (χ4n) is 1.95. The number of hydrogen-bond acceptors (Lipinski definition) is 3. The van der Waals surface area contributed by atoms with Crippen molar-refractivity contribution in [3.05, 3.63) is 34.1 Å². The van der Waals surface area contributed by atoms with E-state index in [4.69, 9.17) is 0 Å². The summed E-state index contributed by atoms with van der Waals surface area (Å²) in [6, 6.07) is 3.73. The Morgan fingerprint density at radius 1 is 1.32 bits per heavy atom. The summed E-state index contributed by atoms with van der Waals surface area (Å²) in [4.78, 5) is 10.3. The standard InChI is InChI=1S/C14H21FN2O2/c1-10(2)5-4-6-11(3)16-13-8-7-12(15)9-14(13)17(18)19/h7-11,16H,4-6H2,1-3H3. The molecule has 106 valence electrons. The molecule has 0 aromatic heterocycles. The van der Waals surface area contributed by atoms with Gasteiger partial charge in [-0.2, -0.15) is 0 Å². The average Bonchev–Trinajstić information content (AvgIpc) is 2.30. The van der Waals surface area contributed by atoms with E-state index in [9.17, 15) is 14.5 Å². The molecule has 1 unspecified atom stereocenters. The second-order valence-corrected chi connectivity index (χ2v) is 5.29. The largest absolute Gasteiger partial charge is 0.377 e. The highest BCUT2D eigenvalue weighted by Gasteiger charge is 2.16. The summed E-state index contributed by atoms with van der Waals surface area (Å²) in [7, 11) is 0. The summed E-state index contributed by atoms with van der Waals surface area (Å²) in [5.41, 5.74) is 0.166. The first-order valence-electron chi connectivity index (χ1n) is 6.60. The molecular weight excluding hydrogens is 247 g/mol. The lowest BCUT2D eigenvalue weighted by molar-refractivity contribution is -0.384. The van der Waals surface area contributed by atoms with Crippen molar-refractivity contribution in [3.63, 3.8) is 0 Å². The average molecular weight is 268 g/mol. The summed E-state index contributed by atoms with van der Waals surface area (Å²) in [6.07, 6.45) is 3.14. The van der Waals surface area contributed by atoms with Crippen LogP contribution in [0.3, 0.4) is 0 Å². The zero-order valence-corrected chi connectivity index (χ0v) is 11.6. The third-order valence-corrected chi connectivity index (χ3v) is 2.98.